The van der Waals surface area contributed by atoms with Gasteiger partial charge in [-0.2, -0.15) is 0 Å². The van der Waals surface area contributed by atoms with Crippen LogP contribution in [0.4, 0.5) is 0 Å². The molecular weight excluding hydrogens is 350 g/mol. The third-order valence-corrected chi connectivity index (χ3v) is 5.04. The van der Waals surface area contributed by atoms with Gasteiger partial charge in [-0.3, -0.25) is 9.30 Å². The molecule has 0 saturated heterocycles. The van der Waals surface area contributed by atoms with E-state index >= 15 is 0 Å². The van der Waals surface area contributed by atoms with Gasteiger partial charge in [-0.05, 0) is 36.6 Å². The predicted molar refractivity (Wildman–Crippen MR) is 111 cm³/mol. The second kappa shape index (κ2) is 8.84. The molecule has 2 N–H and O–H groups in total. The van der Waals surface area contributed by atoms with Crippen LogP contribution in [-0.4, -0.2) is 51.6 Å². The van der Waals surface area contributed by atoms with Crippen molar-refractivity contribution >= 4 is 11.6 Å². The van der Waals surface area contributed by atoms with Crippen LogP contribution in [0.15, 0.2) is 53.7 Å². The Hall–Kier alpha value is -2.93. The van der Waals surface area contributed by atoms with E-state index in [0.29, 0.717) is 6.54 Å². The first-order valence-electron chi connectivity index (χ1n) is 9.93. The average Bonchev–Trinajstić information content (AvgIpc) is 3.15. The molecule has 0 amide bonds. The van der Waals surface area contributed by atoms with Crippen LogP contribution in [0.2, 0.25) is 0 Å². The molecule has 0 spiro atoms. The van der Waals surface area contributed by atoms with Crippen LogP contribution in [0.1, 0.15) is 23.9 Å². The van der Waals surface area contributed by atoms with Crippen molar-refractivity contribution in [2.75, 3.05) is 26.2 Å². The first-order chi connectivity index (χ1) is 13.8. The highest BCUT2D eigenvalue weighted by Crippen LogP contribution is 2.17. The van der Waals surface area contributed by atoms with Crippen molar-refractivity contribution in [2.24, 2.45) is 4.99 Å². The average molecular weight is 377 g/mol. The molecule has 146 valence electrons. The number of guanidine groups is 1. The lowest BCUT2D eigenvalue weighted by molar-refractivity contribution is 0.258. The fourth-order valence-electron chi connectivity index (χ4n) is 3.57. The number of rotatable bonds is 6. The standard InChI is InChI=1S/C21H27N7/c1-2-22-21(24-15-20-26-25-19-9-5-6-12-28(19)20)23-11-14-27-13-10-17-7-3-4-8-18(17)16-27/h3-9,12H,2,10-11,13-16H2,1H3,(H2,22,23,24). The zero-order chi connectivity index (χ0) is 19.2. The van der Waals surface area contributed by atoms with E-state index in [4.69, 9.17) is 0 Å². The fourth-order valence-corrected chi connectivity index (χ4v) is 3.57. The van der Waals surface area contributed by atoms with Crippen molar-refractivity contribution in [3.63, 3.8) is 0 Å². The summed E-state index contributed by atoms with van der Waals surface area (Å²) in [5, 5.41) is 15.2. The molecule has 4 rings (SSSR count). The van der Waals surface area contributed by atoms with E-state index in [1.165, 1.54) is 11.1 Å². The van der Waals surface area contributed by atoms with E-state index in [9.17, 15) is 0 Å². The number of aromatic nitrogens is 3. The molecule has 28 heavy (non-hydrogen) atoms. The summed E-state index contributed by atoms with van der Waals surface area (Å²) in [5.41, 5.74) is 3.78. The fraction of sp³-hybridized carbons (Fsp3) is 0.381. The predicted octanol–water partition coefficient (Wildman–Crippen LogP) is 1.84. The van der Waals surface area contributed by atoms with Crippen LogP contribution in [0.5, 0.6) is 0 Å². The van der Waals surface area contributed by atoms with E-state index in [0.717, 1.165) is 56.6 Å². The van der Waals surface area contributed by atoms with Gasteiger partial charge >= 0.3 is 0 Å². The second-order valence-electron chi connectivity index (χ2n) is 6.96. The maximum absolute atomic E-state index is 4.68. The Morgan fingerprint density at radius 2 is 1.93 bits per heavy atom. The van der Waals surface area contributed by atoms with Gasteiger partial charge in [0.2, 0.25) is 0 Å². The van der Waals surface area contributed by atoms with Crippen LogP contribution in [0.25, 0.3) is 5.65 Å². The molecule has 0 aliphatic carbocycles. The Kier molecular flexibility index (Phi) is 5.82. The molecule has 0 unspecified atom stereocenters. The molecule has 0 fully saturated rings. The second-order valence-corrected chi connectivity index (χ2v) is 6.96. The van der Waals surface area contributed by atoms with Gasteiger partial charge in [0, 0.05) is 38.9 Å². The first-order valence-corrected chi connectivity index (χ1v) is 9.93. The van der Waals surface area contributed by atoms with Gasteiger partial charge < -0.3 is 10.6 Å². The minimum atomic E-state index is 0.484. The normalized spacial score (nSPS) is 14.8. The van der Waals surface area contributed by atoms with Gasteiger partial charge in [0.15, 0.2) is 17.4 Å². The van der Waals surface area contributed by atoms with Crippen molar-refractivity contribution in [2.45, 2.75) is 26.4 Å². The summed E-state index contributed by atoms with van der Waals surface area (Å²) in [6.07, 6.45) is 3.10. The lowest BCUT2D eigenvalue weighted by atomic mass is 10.00. The van der Waals surface area contributed by atoms with Crippen LogP contribution in [-0.2, 0) is 19.5 Å². The SMILES string of the molecule is CCNC(=NCc1nnc2ccccn12)NCCN1CCc2ccccc2C1. The van der Waals surface area contributed by atoms with E-state index in [-0.39, 0.29) is 0 Å². The monoisotopic (exact) mass is 377 g/mol. The number of pyridine rings is 1. The lowest BCUT2D eigenvalue weighted by Crippen LogP contribution is -2.42. The van der Waals surface area contributed by atoms with Crippen LogP contribution < -0.4 is 10.6 Å². The molecule has 0 saturated carbocycles. The molecule has 1 aromatic carbocycles. The summed E-state index contributed by atoms with van der Waals surface area (Å²) in [5.74, 6) is 1.65. The molecule has 0 bridgehead atoms. The largest absolute Gasteiger partial charge is 0.357 e. The Bertz CT molecular complexity index is 947. The highest BCUT2D eigenvalue weighted by Gasteiger charge is 2.15. The van der Waals surface area contributed by atoms with E-state index in [1.54, 1.807) is 0 Å². The van der Waals surface area contributed by atoms with Crippen molar-refractivity contribution in [1.29, 1.82) is 0 Å². The molecule has 1 aliphatic heterocycles. The van der Waals surface area contributed by atoms with Gasteiger partial charge in [0.1, 0.15) is 6.54 Å². The van der Waals surface area contributed by atoms with Crippen LogP contribution >= 0.6 is 0 Å². The first kappa shape index (κ1) is 18.4. The minimum Gasteiger partial charge on any atom is -0.357 e. The maximum Gasteiger partial charge on any atom is 0.191 e. The summed E-state index contributed by atoms with van der Waals surface area (Å²) in [6, 6.07) is 14.6. The number of benzene rings is 1. The van der Waals surface area contributed by atoms with Crippen molar-refractivity contribution in [3.05, 3.63) is 65.6 Å². The molecule has 0 radical (unpaired) electrons. The highest BCUT2D eigenvalue weighted by atomic mass is 15.3. The summed E-state index contributed by atoms with van der Waals surface area (Å²) < 4.78 is 1.97. The lowest BCUT2D eigenvalue weighted by Gasteiger charge is -2.28. The highest BCUT2D eigenvalue weighted by molar-refractivity contribution is 5.79. The zero-order valence-corrected chi connectivity index (χ0v) is 16.3. The molecule has 3 aromatic rings. The molecule has 7 nitrogen and oxygen atoms in total. The number of nitrogens with one attached hydrogen (secondary N) is 2. The van der Waals surface area contributed by atoms with Gasteiger partial charge in [-0.1, -0.05) is 30.3 Å². The third kappa shape index (κ3) is 4.31. The van der Waals surface area contributed by atoms with Gasteiger partial charge in [0.25, 0.3) is 0 Å². The smallest absolute Gasteiger partial charge is 0.191 e. The Balaban J connectivity index is 1.32. The van der Waals surface area contributed by atoms with E-state index in [2.05, 4.69) is 61.9 Å². The van der Waals surface area contributed by atoms with E-state index < -0.39 is 0 Å². The van der Waals surface area contributed by atoms with Crippen LogP contribution in [0.3, 0.4) is 0 Å². The number of aliphatic imine (C=N–C) groups is 1. The summed E-state index contributed by atoms with van der Waals surface area (Å²) in [6.45, 7) is 7.36. The van der Waals surface area contributed by atoms with Gasteiger partial charge in [-0.15, -0.1) is 10.2 Å². The number of hydrogen-bond donors (Lipinski definition) is 2. The number of fused-ring (bicyclic) bond motifs is 2. The summed E-state index contributed by atoms with van der Waals surface area (Å²) >= 11 is 0. The van der Waals surface area contributed by atoms with Crippen molar-refractivity contribution in [1.82, 2.24) is 30.1 Å². The van der Waals surface area contributed by atoms with Crippen molar-refractivity contribution < 1.29 is 0 Å². The van der Waals surface area contributed by atoms with Crippen molar-refractivity contribution in [3.8, 4) is 0 Å². The Labute approximate surface area is 165 Å². The molecule has 7 heteroatoms. The molecule has 0 atom stereocenters. The summed E-state index contributed by atoms with van der Waals surface area (Å²) in [7, 11) is 0. The molecule has 2 aromatic heterocycles. The summed E-state index contributed by atoms with van der Waals surface area (Å²) in [4.78, 5) is 7.17. The molecule has 3 heterocycles. The minimum absolute atomic E-state index is 0.484. The topological polar surface area (TPSA) is 69.8 Å². The zero-order valence-electron chi connectivity index (χ0n) is 16.3. The quantitative estimate of drug-likeness (QED) is 0.507. The van der Waals surface area contributed by atoms with E-state index in [1.807, 2.05) is 28.8 Å². The Morgan fingerprint density at radius 3 is 2.82 bits per heavy atom. The maximum atomic E-state index is 4.68. The number of nitrogens with zero attached hydrogens (tertiary/aromatic N) is 5. The molecule has 1 aliphatic rings. The molecular formula is C21H27N7. The number of hydrogen-bond acceptors (Lipinski definition) is 4. The Morgan fingerprint density at radius 1 is 1.07 bits per heavy atom. The van der Waals surface area contributed by atoms with Crippen LogP contribution in [0, 0.1) is 0 Å². The van der Waals surface area contributed by atoms with Gasteiger partial charge in [0.05, 0.1) is 0 Å². The third-order valence-electron chi connectivity index (χ3n) is 5.04. The van der Waals surface area contributed by atoms with Gasteiger partial charge in [-0.25, -0.2) is 4.99 Å².